The van der Waals surface area contributed by atoms with Gasteiger partial charge in [-0.15, -0.1) is 0 Å². The molecule has 0 atom stereocenters. The second-order valence-electron chi connectivity index (χ2n) is 5.80. The number of rotatable bonds is 4. The molecular weight excluding hydrogens is 369 g/mol. The van der Waals surface area contributed by atoms with Crippen LogP contribution in [-0.2, 0) is 0 Å². The van der Waals surface area contributed by atoms with Crippen LogP contribution in [0.5, 0.6) is 0 Å². The Morgan fingerprint density at radius 2 is 1.70 bits per heavy atom. The molecule has 136 valence electrons. The van der Waals surface area contributed by atoms with Crippen LogP contribution in [0.1, 0.15) is 26.4 Å². The fourth-order valence-corrected chi connectivity index (χ4v) is 2.61. The molecule has 0 unspecified atom stereocenters. The van der Waals surface area contributed by atoms with Crippen molar-refractivity contribution in [1.82, 2.24) is 4.98 Å². The van der Waals surface area contributed by atoms with Crippen LogP contribution in [0.3, 0.4) is 0 Å². The van der Waals surface area contributed by atoms with Gasteiger partial charge >= 0.3 is 0 Å². The lowest BCUT2D eigenvalue weighted by Crippen LogP contribution is -2.17. The zero-order chi connectivity index (χ0) is 19.4. The number of aromatic nitrogens is 1. The summed E-state index contributed by atoms with van der Waals surface area (Å²) in [7, 11) is 0. The van der Waals surface area contributed by atoms with Gasteiger partial charge in [-0.1, -0.05) is 11.6 Å². The standard InChI is InChI=1S/C20H15ClFN3O2/c1-12-10-14(21)2-7-17(12)25-20(27)18-11-13(8-9-23-18)19(26)24-16-5-3-15(22)4-6-16/h2-11H,1H3,(H,24,26)(H,25,27). The lowest BCUT2D eigenvalue weighted by atomic mass is 10.1. The number of anilines is 2. The minimum atomic E-state index is -0.447. The molecule has 0 aliphatic carbocycles. The van der Waals surface area contributed by atoms with Gasteiger partial charge < -0.3 is 10.6 Å². The minimum absolute atomic E-state index is 0.0936. The Kier molecular flexibility index (Phi) is 5.47. The second-order valence-corrected chi connectivity index (χ2v) is 6.24. The number of aryl methyl sites for hydroxylation is 1. The van der Waals surface area contributed by atoms with E-state index in [2.05, 4.69) is 15.6 Å². The van der Waals surface area contributed by atoms with E-state index in [0.717, 1.165) is 5.56 Å². The molecule has 0 bridgehead atoms. The van der Waals surface area contributed by atoms with Crippen molar-refractivity contribution < 1.29 is 14.0 Å². The first-order valence-electron chi connectivity index (χ1n) is 8.03. The Morgan fingerprint density at radius 3 is 2.41 bits per heavy atom. The smallest absolute Gasteiger partial charge is 0.274 e. The summed E-state index contributed by atoms with van der Waals surface area (Å²) < 4.78 is 12.9. The molecule has 0 aliphatic heterocycles. The van der Waals surface area contributed by atoms with Crippen molar-refractivity contribution in [1.29, 1.82) is 0 Å². The van der Waals surface area contributed by atoms with E-state index >= 15 is 0 Å². The van der Waals surface area contributed by atoms with Gasteiger partial charge in [0.2, 0.25) is 0 Å². The molecule has 3 aromatic rings. The molecule has 2 aromatic carbocycles. The van der Waals surface area contributed by atoms with Crippen LogP contribution in [0.15, 0.2) is 60.8 Å². The van der Waals surface area contributed by atoms with Crippen molar-refractivity contribution in [2.45, 2.75) is 6.92 Å². The van der Waals surface area contributed by atoms with Gasteiger partial charge in [-0.2, -0.15) is 0 Å². The van der Waals surface area contributed by atoms with E-state index in [0.29, 0.717) is 16.4 Å². The maximum absolute atomic E-state index is 12.9. The quantitative estimate of drug-likeness (QED) is 0.686. The minimum Gasteiger partial charge on any atom is -0.322 e. The predicted octanol–water partition coefficient (Wildman–Crippen LogP) is 4.69. The Hall–Kier alpha value is -3.25. The summed E-state index contributed by atoms with van der Waals surface area (Å²) in [6, 6.07) is 13.4. The summed E-state index contributed by atoms with van der Waals surface area (Å²) in [5.41, 5.74) is 2.21. The van der Waals surface area contributed by atoms with Gasteiger partial charge in [0.15, 0.2) is 0 Å². The number of carbonyl (C=O) groups excluding carboxylic acids is 2. The van der Waals surface area contributed by atoms with Gasteiger partial charge in [-0.05, 0) is 67.1 Å². The Balaban J connectivity index is 1.75. The topological polar surface area (TPSA) is 71.1 Å². The van der Waals surface area contributed by atoms with Crippen molar-refractivity contribution in [3.05, 3.63) is 88.5 Å². The van der Waals surface area contributed by atoms with Crippen LogP contribution in [0, 0.1) is 12.7 Å². The van der Waals surface area contributed by atoms with E-state index in [1.807, 2.05) is 6.92 Å². The van der Waals surface area contributed by atoms with E-state index in [9.17, 15) is 14.0 Å². The first kappa shape index (κ1) is 18.5. The van der Waals surface area contributed by atoms with E-state index in [1.54, 1.807) is 18.2 Å². The number of benzene rings is 2. The number of nitrogens with one attached hydrogen (secondary N) is 2. The lowest BCUT2D eigenvalue weighted by molar-refractivity contribution is 0.102. The average Bonchev–Trinajstić information content (AvgIpc) is 2.66. The molecule has 2 amide bonds. The first-order valence-corrected chi connectivity index (χ1v) is 8.40. The SMILES string of the molecule is Cc1cc(Cl)ccc1NC(=O)c1cc(C(=O)Nc2ccc(F)cc2)ccn1. The van der Waals surface area contributed by atoms with Gasteiger partial charge in [0, 0.05) is 28.2 Å². The van der Waals surface area contributed by atoms with Gasteiger partial charge in [0.1, 0.15) is 11.5 Å². The summed E-state index contributed by atoms with van der Waals surface area (Å²) >= 11 is 5.91. The maximum atomic E-state index is 12.9. The molecule has 0 spiro atoms. The summed E-state index contributed by atoms with van der Waals surface area (Å²) in [5.74, 6) is -1.27. The highest BCUT2D eigenvalue weighted by atomic mass is 35.5. The molecule has 2 N–H and O–H groups in total. The maximum Gasteiger partial charge on any atom is 0.274 e. The molecule has 5 nitrogen and oxygen atoms in total. The van der Waals surface area contributed by atoms with Crippen molar-refractivity contribution in [3.8, 4) is 0 Å². The Morgan fingerprint density at radius 1 is 0.963 bits per heavy atom. The molecule has 0 fully saturated rings. The van der Waals surface area contributed by atoms with Crippen LogP contribution in [0.4, 0.5) is 15.8 Å². The summed E-state index contributed by atoms with van der Waals surface area (Å²) in [6.07, 6.45) is 1.38. The van der Waals surface area contributed by atoms with Gasteiger partial charge in [0.25, 0.3) is 11.8 Å². The fraction of sp³-hybridized carbons (Fsp3) is 0.0500. The molecule has 0 saturated heterocycles. The first-order chi connectivity index (χ1) is 12.9. The van der Waals surface area contributed by atoms with Gasteiger partial charge in [-0.25, -0.2) is 4.39 Å². The molecule has 0 radical (unpaired) electrons. The monoisotopic (exact) mass is 383 g/mol. The van der Waals surface area contributed by atoms with E-state index in [1.165, 1.54) is 42.6 Å². The highest BCUT2D eigenvalue weighted by Crippen LogP contribution is 2.20. The van der Waals surface area contributed by atoms with Crippen molar-refractivity contribution in [2.75, 3.05) is 10.6 Å². The highest BCUT2D eigenvalue weighted by molar-refractivity contribution is 6.30. The molecule has 1 aromatic heterocycles. The molecule has 0 saturated carbocycles. The molecule has 0 aliphatic rings. The molecular formula is C20H15ClFN3O2. The Bertz CT molecular complexity index is 1010. The number of hydrogen-bond acceptors (Lipinski definition) is 3. The molecule has 27 heavy (non-hydrogen) atoms. The van der Waals surface area contributed by atoms with Crippen LogP contribution >= 0.6 is 11.6 Å². The van der Waals surface area contributed by atoms with Gasteiger partial charge in [-0.3, -0.25) is 14.6 Å². The predicted molar refractivity (Wildman–Crippen MR) is 103 cm³/mol. The fourth-order valence-electron chi connectivity index (χ4n) is 2.39. The molecule has 7 heteroatoms. The summed E-state index contributed by atoms with van der Waals surface area (Å²) in [4.78, 5) is 28.8. The summed E-state index contributed by atoms with van der Waals surface area (Å²) in [5, 5.41) is 5.95. The van der Waals surface area contributed by atoms with Crippen LogP contribution in [0.25, 0.3) is 0 Å². The zero-order valence-electron chi connectivity index (χ0n) is 14.3. The van der Waals surface area contributed by atoms with Gasteiger partial charge in [0.05, 0.1) is 0 Å². The number of amides is 2. The summed E-state index contributed by atoms with van der Waals surface area (Å²) in [6.45, 7) is 1.82. The zero-order valence-corrected chi connectivity index (χ0v) is 15.0. The van der Waals surface area contributed by atoms with E-state index in [4.69, 9.17) is 11.6 Å². The van der Waals surface area contributed by atoms with Crippen molar-refractivity contribution in [3.63, 3.8) is 0 Å². The largest absolute Gasteiger partial charge is 0.322 e. The molecule has 1 heterocycles. The second kappa shape index (κ2) is 7.97. The average molecular weight is 384 g/mol. The third-order valence-electron chi connectivity index (χ3n) is 3.79. The number of pyridine rings is 1. The normalized spacial score (nSPS) is 10.3. The van der Waals surface area contributed by atoms with Crippen LogP contribution in [-0.4, -0.2) is 16.8 Å². The number of hydrogen-bond donors (Lipinski definition) is 2. The lowest BCUT2D eigenvalue weighted by Gasteiger charge is -2.09. The third kappa shape index (κ3) is 4.68. The van der Waals surface area contributed by atoms with E-state index < -0.39 is 17.6 Å². The number of nitrogens with zero attached hydrogens (tertiary/aromatic N) is 1. The van der Waals surface area contributed by atoms with Crippen LogP contribution < -0.4 is 10.6 Å². The van der Waals surface area contributed by atoms with Crippen molar-refractivity contribution >= 4 is 34.8 Å². The molecule has 3 rings (SSSR count). The number of halogens is 2. The Labute approximate surface area is 160 Å². The number of carbonyl (C=O) groups is 2. The van der Waals surface area contributed by atoms with Crippen LogP contribution in [0.2, 0.25) is 5.02 Å². The van der Waals surface area contributed by atoms with Crippen molar-refractivity contribution in [2.24, 2.45) is 0 Å². The highest BCUT2D eigenvalue weighted by Gasteiger charge is 2.13. The third-order valence-corrected chi connectivity index (χ3v) is 4.03. The van der Waals surface area contributed by atoms with E-state index in [-0.39, 0.29) is 11.3 Å².